The third-order valence-electron chi connectivity index (χ3n) is 2.20. The van der Waals surface area contributed by atoms with Gasteiger partial charge < -0.3 is 5.21 Å². The molecule has 0 unspecified atom stereocenters. The largest absolute Gasteiger partial charge is 0.411 e. The Balaban J connectivity index is 2.52. The van der Waals surface area contributed by atoms with Crippen LogP contribution in [0.5, 0.6) is 0 Å². The third kappa shape index (κ3) is 1.52. The first-order chi connectivity index (χ1) is 6.31. The van der Waals surface area contributed by atoms with E-state index in [1.54, 1.807) is 6.07 Å². The van der Waals surface area contributed by atoms with E-state index in [9.17, 15) is 0 Å². The molecule has 1 aliphatic rings. The van der Waals surface area contributed by atoms with E-state index >= 15 is 0 Å². The van der Waals surface area contributed by atoms with Gasteiger partial charge in [-0.25, -0.2) is 4.98 Å². The van der Waals surface area contributed by atoms with Gasteiger partial charge in [-0.2, -0.15) is 0 Å². The van der Waals surface area contributed by atoms with Crippen molar-refractivity contribution in [1.82, 2.24) is 4.98 Å². The molecule has 0 radical (unpaired) electrons. The maximum Gasteiger partial charge on any atom is 0.129 e. The number of pyridine rings is 1. The van der Waals surface area contributed by atoms with Crippen molar-refractivity contribution < 1.29 is 5.21 Å². The van der Waals surface area contributed by atoms with E-state index in [0.29, 0.717) is 10.9 Å². The Labute approximate surface area is 81.1 Å². The molecule has 0 spiro atoms. The van der Waals surface area contributed by atoms with Crippen LogP contribution in [0.15, 0.2) is 17.3 Å². The number of hydrogen-bond acceptors (Lipinski definition) is 3. The summed E-state index contributed by atoms with van der Waals surface area (Å²) in [4.78, 5) is 4.19. The Kier molecular flexibility index (Phi) is 2.19. The Morgan fingerprint density at radius 2 is 2.23 bits per heavy atom. The lowest BCUT2D eigenvalue weighted by Gasteiger charge is -2.15. The highest BCUT2D eigenvalue weighted by Crippen LogP contribution is 2.21. The summed E-state index contributed by atoms with van der Waals surface area (Å²) in [6, 6.07) is 3.58. The average molecular weight is 197 g/mol. The van der Waals surface area contributed by atoms with Gasteiger partial charge in [0.2, 0.25) is 0 Å². The number of fused-ring (bicyclic) bond motifs is 1. The molecule has 68 valence electrons. The van der Waals surface area contributed by atoms with Crippen LogP contribution in [0, 0.1) is 0 Å². The molecule has 0 atom stereocenters. The second-order valence-corrected chi connectivity index (χ2v) is 3.42. The molecule has 1 aromatic heterocycles. The van der Waals surface area contributed by atoms with Gasteiger partial charge in [-0.3, -0.25) is 0 Å². The van der Waals surface area contributed by atoms with Gasteiger partial charge in [-0.1, -0.05) is 16.8 Å². The van der Waals surface area contributed by atoms with Crippen LogP contribution in [-0.2, 0) is 6.42 Å². The third-order valence-corrected chi connectivity index (χ3v) is 2.41. The Morgan fingerprint density at radius 1 is 1.38 bits per heavy atom. The first-order valence-electron chi connectivity index (χ1n) is 4.18. The molecule has 0 fully saturated rings. The zero-order valence-corrected chi connectivity index (χ0v) is 7.75. The molecule has 2 rings (SSSR count). The first-order valence-corrected chi connectivity index (χ1v) is 4.56. The number of aromatic nitrogens is 1. The van der Waals surface area contributed by atoms with Crippen LogP contribution < -0.4 is 0 Å². The van der Waals surface area contributed by atoms with Crippen LogP contribution in [0.2, 0.25) is 5.15 Å². The molecule has 0 aromatic carbocycles. The van der Waals surface area contributed by atoms with Crippen LogP contribution in [-0.4, -0.2) is 15.9 Å². The highest BCUT2D eigenvalue weighted by Gasteiger charge is 2.16. The lowest BCUT2D eigenvalue weighted by atomic mass is 9.94. The van der Waals surface area contributed by atoms with Crippen LogP contribution >= 0.6 is 11.6 Å². The van der Waals surface area contributed by atoms with E-state index < -0.39 is 0 Å². The molecule has 0 saturated heterocycles. The predicted molar refractivity (Wildman–Crippen MR) is 50.5 cm³/mol. The minimum Gasteiger partial charge on any atom is -0.411 e. The molecule has 0 aliphatic heterocycles. The molecular weight excluding hydrogens is 188 g/mol. The molecule has 1 aromatic rings. The molecule has 1 heterocycles. The number of oxime groups is 1. The number of rotatable bonds is 0. The summed E-state index contributed by atoms with van der Waals surface area (Å²) in [6.07, 6.45) is 2.70. The van der Waals surface area contributed by atoms with Crippen molar-refractivity contribution in [1.29, 1.82) is 0 Å². The normalized spacial score (nSPS) is 18.7. The summed E-state index contributed by atoms with van der Waals surface area (Å²) in [5, 5.41) is 12.5. The SMILES string of the molecule is O/N=C1/CCCc2nc(Cl)ccc21. The molecule has 1 aliphatic carbocycles. The van der Waals surface area contributed by atoms with Crippen LogP contribution in [0.25, 0.3) is 0 Å². The summed E-state index contributed by atoms with van der Waals surface area (Å²) in [5.74, 6) is 0. The molecule has 0 saturated carbocycles. The lowest BCUT2D eigenvalue weighted by Crippen LogP contribution is -2.13. The standard InChI is InChI=1S/C9H9ClN2O/c10-9-5-4-6-7(11-9)2-1-3-8(6)12-13/h4-5,13H,1-3H2/b12-8-. The highest BCUT2D eigenvalue weighted by molar-refractivity contribution is 6.29. The minimum absolute atomic E-state index is 0.498. The average Bonchev–Trinajstić information content (AvgIpc) is 2.16. The molecular formula is C9H9ClN2O. The van der Waals surface area contributed by atoms with Gasteiger partial charge in [0.15, 0.2) is 0 Å². The molecule has 4 heteroatoms. The van der Waals surface area contributed by atoms with Gasteiger partial charge in [0.25, 0.3) is 0 Å². The number of hydrogen-bond donors (Lipinski definition) is 1. The summed E-state index contributed by atoms with van der Waals surface area (Å²) in [5.41, 5.74) is 2.58. The monoisotopic (exact) mass is 196 g/mol. The van der Waals surface area contributed by atoms with Crippen molar-refractivity contribution in [3.05, 3.63) is 28.5 Å². The Hall–Kier alpha value is -1.09. The van der Waals surface area contributed by atoms with Gasteiger partial charge in [-0.05, 0) is 31.4 Å². The first kappa shape index (κ1) is 8.51. The number of halogens is 1. The van der Waals surface area contributed by atoms with Crippen LogP contribution in [0.3, 0.4) is 0 Å². The van der Waals surface area contributed by atoms with Gasteiger partial charge in [-0.15, -0.1) is 0 Å². The van der Waals surface area contributed by atoms with Crippen molar-refractivity contribution in [3.8, 4) is 0 Å². The smallest absolute Gasteiger partial charge is 0.129 e. The Bertz CT molecular complexity index is 363. The fourth-order valence-corrected chi connectivity index (χ4v) is 1.75. The van der Waals surface area contributed by atoms with E-state index in [0.717, 1.165) is 30.5 Å². The van der Waals surface area contributed by atoms with E-state index in [4.69, 9.17) is 16.8 Å². The van der Waals surface area contributed by atoms with Crippen molar-refractivity contribution in [2.45, 2.75) is 19.3 Å². The zero-order chi connectivity index (χ0) is 9.26. The minimum atomic E-state index is 0.498. The second kappa shape index (κ2) is 3.34. The lowest BCUT2D eigenvalue weighted by molar-refractivity contribution is 0.317. The number of nitrogens with zero attached hydrogens (tertiary/aromatic N) is 2. The molecule has 3 nitrogen and oxygen atoms in total. The van der Waals surface area contributed by atoms with E-state index in [1.807, 2.05) is 6.07 Å². The molecule has 13 heavy (non-hydrogen) atoms. The van der Waals surface area contributed by atoms with Gasteiger partial charge in [0, 0.05) is 5.56 Å². The summed E-state index contributed by atoms with van der Waals surface area (Å²) in [6.45, 7) is 0. The highest BCUT2D eigenvalue weighted by atomic mass is 35.5. The molecule has 0 bridgehead atoms. The van der Waals surface area contributed by atoms with Crippen molar-refractivity contribution in [2.75, 3.05) is 0 Å². The van der Waals surface area contributed by atoms with Crippen molar-refractivity contribution >= 4 is 17.3 Å². The van der Waals surface area contributed by atoms with Crippen molar-refractivity contribution in [3.63, 3.8) is 0 Å². The topological polar surface area (TPSA) is 45.5 Å². The maximum atomic E-state index is 8.73. The van der Waals surface area contributed by atoms with Crippen LogP contribution in [0.4, 0.5) is 0 Å². The van der Waals surface area contributed by atoms with Crippen LogP contribution in [0.1, 0.15) is 24.1 Å². The maximum absolute atomic E-state index is 8.73. The van der Waals surface area contributed by atoms with Gasteiger partial charge in [0.05, 0.1) is 11.4 Å². The summed E-state index contributed by atoms with van der Waals surface area (Å²) >= 11 is 5.75. The molecule has 0 amide bonds. The fourth-order valence-electron chi connectivity index (χ4n) is 1.59. The fraction of sp³-hybridized carbons (Fsp3) is 0.333. The second-order valence-electron chi connectivity index (χ2n) is 3.03. The van der Waals surface area contributed by atoms with Gasteiger partial charge in [0.1, 0.15) is 5.15 Å². The summed E-state index contributed by atoms with van der Waals surface area (Å²) < 4.78 is 0. The van der Waals surface area contributed by atoms with Gasteiger partial charge >= 0.3 is 0 Å². The quantitative estimate of drug-likeness (QED) is 0.393. The zero-order valence-electron chi connectivity index (χ0n) is 7.00. The summed E-state index contributed by atoms with van der Waals surface area (Å²) in [7, 11) is 0. The van der Waals surface area contributed by atoms with E-state index in [1.165, 1.54) is 0 Å². The Morgan fingerprint density at radius 3 is 3.00 bits per heavy atom. The van der Waals surface area contributed by atoms with E-state index in [-0.39, 0.29) is 0 Å². The number of aryl methyl sites for hydroxylation is 1. The van der Waals surface area contributed by atoms with Crippen molar-refractivity contribution in [2.24, 2.45) is 5.16 Å². The predicted octanol–water partition coefficient (Wildman–Crippen LogP) is 2.25. The van der Waals surface area contributed by atoms with E-state index in [2.05, 4.69) is 10.1 Å². The molecule has 1 N–H and O–H groups in total.